The summed E-state index contributed by atoms with van der Waals surface area (Å²) < 4.78 is 32.4. The molecule has 2 heterocycles. The zero-order valence-corrected chi connectivity index (χ0v) is 16.2. The molecule has 0 aliphatic carbocycles. The van der Waals surface area contributed by atoms with Gasteiger partial charge in [-0.3, -0.25) is 4.79 Å². The van der Waals surface area contributed by atoms with Crippen molar-refractivity contribution in [3.05, 3.63) is 41.3 Å². The van der Waals surface area contributed by atoms with Crippen LogP contribution in [-0.4, -0.2) is 38.8 Å². The van der Waals surface area contributed by atoms with Gasteiger partial charge in [0.1, 0.15) is 9.96 Å². The van der Waals surface area contributed by atoms with Gasteiger partial charge in [0.05, 0.1) is 19.2 Å². The average Bonchev–Trinajstić information content (AvgIpc) is 3.12. The number of carbonyl (C=O) groups excluding carboxylic acids is 1. The maximum atomic E-state index is 12.7. The zero-order chi connectivity index (χ0) is 18.6. The summed E-state index contributed by atoms with van der Waals surface area (Å²) in [7, 11) is -1.90. The van der Waals surface area contributed by atoms with Crippen molar-refractivity contribution in [2.45, 2.75) is 29.9 Å². The van der Waals surface area contributed by atoms with Crippen LogP contribution in [0.2, 0.25) is 0 Å². The van der Waals surface area contributed by atoms with E-state index in [0.717, 1.165) is 30.6 Å². The first-order valence-electron chi connectivity index (χ1n) is 8.52. The average molecular weight is 395 g/mol. The highest BCUT2D eigenvalue weighted by Gasteiger charge is 2.27. The number of thiophene rings is 1. The van der Waals surface area contributed by atoms with E-state index in [-0.39, 0.29) is 12.3 Å². The van der Waals surface area contributed by atoms with Crippen LogP contribution in [0.25, 0.3) is 0 Å². The molecule has 1 aromatic carbocycles. The van der Waals surface area contributed by atoms with Gasteiger partial charge in [-0.2, -0.15) is 4.31 Å². The summed E-state index contributed by atoms with van der Waals surface area (Å²) in [6.07, 6.45) is 3.00. The SMILES string of the molecule is COc1ccccc1NC(=O)Cc1ccc(S(=O)(=O)N2CCCCC2)s1. The van der Waals surface area contributed by atoms with Crippen LogP contribution in [0.3, 0.4) is 0 Å². The molecule has 0 atom stereocenters. The van der Waals surface area contributed by atoms with E-state index in [9.17, 15) is 13.2 Å². The summed E-state index contributed by atoms with van der Waals surface area (Å²) in [6, 6.07) is 10.5. The maximum Gasteiger partial charge on any atom is 0.252 e. The number of benzene rings is 1. The molecule has 1 aliphatic rings. The lowest BCUT2D eigenvalue weighted by Crippen LogP contribution is -2.35. The Hall–Kier alpha value is -1.90. The Morgan fingerprint density at radius 2 is 1.88 bits per heavy atom. The Morgan fingerprint density at radius 3 is 2.62 bits per heavy atom. The second-order valence-electron chi connectivity index (χ2n) is 6.11. The van der Waals surface area contributed by atoms with Crippen LogP contribution in [0, 0.1) is 0 Å². The van der Waals surface area contributed by atoms with Gasteiger partial charge in [0, 0.05) is 18.0 Å². The van der Waals surface area contributed by atoms with Crippen LogP contribution in [0.1, 0.15) is 24.1 Å². The summed E-state index contributed by atoms with van der Waals surface area (Å²) in [5, 5.41) is 2.80. The Bertz CT molecular complexity index is 871. The number of ether oxygens (including phenoxy) is 1. The van der Waals surface area contributed by atoms with Gasteiger partial charge in [0.2, 0.25) is 5.91 Å². The molecule has 2 aromatic rings. The minimum atomic E-state index is -3.45. The second kappa shape index (κ2) is 8.20. The molecule has 0 saturated carbocycles. The van der Waals surface area contributed by atoms with Crippen molar-refractivity contribution in [3.8, 4) is 5.75 Å². The highest BCUT2D eigenvalue weighted by Crippen LogP contribution is 2.28. The predicted molar refractivity (Wildman–Crippen MR) is 102 cm³/mol. The lowest BCUT2D eigenvalue weighted by atomic mass is 10.2. The second-order valence-corrected chi connectivity index (χ2v) is 9.44. The number of rotatable bonds is 6. The van der Waals surface area contributed by atoms with Crippen molar-refractivity contribution in [1.82, 2.24) is 4.31 Å². The van der Waals surface area contributed by atoms with Crippen molar-refractivity contribution in [2.75, 3.05) is 25.5 Å². The molecule has 1 saturated heterocycles. The standard InChI is InChI=1S/C18H22N2O4S2/c1-24-16-8-4-3-7-15(16)19-17(21)13-14-9-10-18(25-14)26(22,23)20-11-5-2-6-12-20/h3-4,7-10H,2,5-6,11-13H2,1H3,(H,19,21). The van der Waals surface area contributed by atoms with E-state index >= 15 is 0 Å². The van der Waals surface area contributed by atoms with E-state index in [1.807, 2.05) is 12.1 Å². The Labute approximate surface area is 157 Å². The Morgan fingerprint density at radius 1 is 1.15 bits per heavy atom. The summed E-state index contributed by atoms with van der Waals surface area (Å²) in [6.45, 7) is 1.15. The van der Waals surface area contributed by atoms with Crippen LogP contribution >= 0.6 is 11.3 Å². The van der Waals surface area contributed by atoms with Gasteiger partial charge < -0.3 is 10.1 Å². The monoisotopic (exact) mass is 394 g/mol. The summed E-state index contributed by atoms with van der Waals surface area (Å²) in [5.74, 6) is 0.374. The molecule has 1 amide bonds. The molecule has 8 heteroatoms. The van der Waals surface area contributed by atoms with E-state index in [4.69, 9.17) is 4.74 Å². The minimum Gasteiger partial charge on any atom is -0.495 e. The number of piperidine rings is 1. The number of anilines is 1. The molecule has 0 radical (unpaired) electrons. The molecule has 26 heavy (non-hydrogen) atoms. The van der Waals surface area contributed by atoms with Crippen LogP contribution in [0.5, 0.6) is 5.75 Å². The molecule has 3 rings (SSSR count). The van der Waals surface area contributed by atoms with Gasteiger partial charge in [0.15, 0.2) is 0 Å². The first kappa shape index (κ1) is 18.9. The largest absolute Gasteiger partial charge is 0.495 e. The zero-order valence-electron chi connectivity index (χ0n) is 14.6. The smallest absolute Gasteiger partial charge is 0.252 e. The van der Waals surface area contributed by atoms with Crippen LogP contribution in [-0.2, 0) is 21.2 Å². The van der Waals surface area contributed by atoms with Crippen LogP contribution in [0.4, 0.5) is 5.69 Å². The lowest BCUT2D eigenvalue weighted by Gasteiger charge is -2.25. The summed E-state index contributed by atoms with van der Waals surface area (Å²) >= 11 is 1.16. The fraction of sp³-hybridized carbons (Fsp3) is 0.389. The third-order valence-corrected chi connectivity index (χ3v) is 7.71. The number of methoxy groups -OCH3 is 1. The van der Waals surface area contributed by atoms with Crippen molar-refractivity contribution >= 4 is 33.0 Å². The number of nitrogens with zero attached hydrogens (tertiary/aromatic N) is 1. The summed E-state index contributed by atoms with van der Waals surface area (Å²) in [4.78, 5) is 13.0. The van der Waals surface area contributed by atoms with Crippen molar-refractivity contribution in [1.29, 1.82) is 0 Å². The van der Waals surface area contributed by atoms with Crippen LogP contribution < -0.4 is 10.1 Å². The normalized spacial score (nSPS) is 15.6. The fourth-order valence-corrected chi connectivity index (χ4v) is 5.95. The predicted octanol–water partition coefficient (Wildman–Crippen LogP) is 3.11. The van der Waals surface area contributed by atoms with E-state index in [1.165, 1.54) is 0 Å². The molecule has 1 fully saturated rings. The van der Waals surface area contributed by atoms with Crippen molar-refractivity contribution in [2.24, 2.45) is 0 Å². The third kappa shape index (κ3) is 4.25. The van der Waals surface area contributed by atoms with Crippen molar-refractivity contribution in [3.63, 3.8) is 0 Å². The molecule has 0 spiro atoms. The van der Waals surface area contributed by atoms with Gasteiger partial charge >= 0.3 is 0 Å². The van der Waals surface area contributed by atoms with Gasteiger partial charge in [-0.1, -0.05) is 18.6 Å². The van der Waals surface area contributed by atoms with E-state index < -0.39 is 10.0 Å². The molecular formula is C18H22N2O4S2. The number of hydrogen-bond donors (Lipinski definition) is 1. The molecule has 6 nitrogen and oxygen atoms in total. The number of hydrogen-bond acceptors (Lipinski definition) is 5. The number of sulfonamides is 1. The Balaban J connectivity index is 1.67. The first-order chi connectivity index (χ1) is 12.5. The molecule has 1 aliphatic heterocycles. The van der Waals surface area contributed by atoms with Gasteiger partial charge in [-0.25, -0.2) is 8.42 Å². The topological polar surface area (TPSA) is 75.7 Å². The number of carbonyl (C=O) groups is 1. The first-order valence-corrected chi connectivity index (χ1v) is 10.8. The number of para-hydroxylation sites is 2. The number of nitrogens with one attached hydrogen (secondary N) is 1. The number of amides is 1. The van der Waals surface area contributed by atoms with E-state index in [0.29, 0.717) is 33.6 Å². The van der Waals surface area contributed by atoms with Crippen LogP contribution in [0.15, 0.2) is 40.6 Å². The molecule has 0 unspecified atom stereocenters. The lowest BCUT2D eigenvalue weighted by molar-refractivity contribution is -0.115. The highest BCUT2D eigenvalue weighted by atomic mass is 32.2. The molecule has 140 valence electrons. The van der Waals surface area contributed by atoms with E-state index in [1.54, 1.807) is 35.7 Å². The van der Waals surface area contributed by atoms with Gasteiger partial charge in [0.25, 0.3) is 10.0 Å². The minimum absolute atomic E-state index is 0.123. The maximum absolute atomic E-state index is 12.7. The highest BCUT2D eigenvalue weighted by molar-refractivity contribution is 7.91. The third-order valence-electron chi connectivity index (χ3n) is 4.26. The Kier molecular flexibility index (Phi) is 5.95. The molecule has 1 N–H and O–H groups in total. The van der Waals surface area contributed by atoms with E-state index in [2.05, 4.69) is 5.32 Å². The molecular weight excluding hydrogens is 372 g/mol. The van der Waals surface area contributed by atoms with Crippen molar-refractivity contribution < 1.29 is 17.9 Å². The molecule has 0 bridgehead atoms. The quantitative estimate of drug-likeness (QED) is 0.817. The molecule has 1 aromatic heterocycles. The van der Waals surface area contributed by atoms with Gasteiger partial charge in [-0.15, -0.1) is 11.3 Å². The summed E-state index contributed by atoms with van der Waals surface area (Å²) in [5.41, 5.74) is 0.595. The fourth-order valence-electron chi connectivity index (χ4n) is 2.92. The van der Waals surface area contributed by atoms with Gasteiger partial charge in [-0.05, 0) is 37.1 Å².